The maximum atomic E-state index is 14.8. The van der Waals surface area contributed by atoms with Gasteiger partial charge in [-0.05, 0) is 25.3 Å². The molecule has 0 saturated heterocycles. The molecule has 1 aliphatic carbocycles. The topological polar surface area (TPSA) is 96.2 Å². The highest BCUT2D eigenvalue weighted by molar-refractivity contribution is 6.05. The van der Waals surface area contributed by atoms with Crippen LogP contribution in [0.3, 0.4) is 0 Å². The summed E-state index contributed by atoms with van der Waals surface area (Å²) in [7, 11) is 0. The third-order valence-electron chi connectivity index (χ3n) is 6.12. The number of amides is 2. The van der Waals surface area contributed by atoms with Crippen molar-refractivity contribution < 1.29 is 32.3 Å². The van der Waals surface area contributed by atoms with Crippen LogP contribution in [0.1, 0.15) is 57.1 Å². The van der Waals surface area contributed by atoms with Crippen LogP contribution < -0.4 is 10.6 Å². The Kier molecular flexibility index (Phi) is 5.19. The Labute approximate surface area is 174 Å². The molecule has 0 radical (unpaired) electrons. The second-order valence-electron chi connectivity index (χ2n) is 8.18. The van der Waals surface area contributed by atoms with E-state index in [0.29, 0.717) is 11.0 Å². The van der Waals surface area contributed by atoms with Gasteiger partial charge in [0.25, 0.3) is 11.6 Å². The number of benzene rings is 1. The van der Waals surface area contributed by atoms with Crippen LogP contribution in [-0.4, -0.2) is 32.6 Å². The molecule has 2 aliphatic rings. The fraction of sp³-hybridized carbons (Fsp3) is 0.550. The Morgan fingerprint density at radius 3 is 2.68 bits per heavy atom. The standard InChI is InChI=1S/C20H22F4N4O3/c1-10(29)12-7-8-13-16(15(12)21)25-18-26-17(31)19(28(13)18,20(22,23)24)27-14(30)9-6-11-4-2-3-5-11/h7-8,10-11,29H,2-6,9H2,1H3,(H,27,30)(H,25,26,31). The minimum absolute atomic E-state index is 0.145. The van der Waals surface area contributed by atoms with E-state index >= 15 is 0 Å². The fourth-order valence-corrected chi connectivity index (χ4v) is 4.50. The number of nitrogens with zero attached hydrogens (tertiary/aromatic N) is 2. The molecule has 2 aromatic rings. The molecular weight excluding hydrogens is 420 g/mol. The van der Waals surface area contributed by atoms with Gasteiger partial charge in [-0.2, -0.15) is 13.2 Å². The van der Waals surface area contributed by atoms with E-state index in [2.05, 4.69) is 4.98 Å². The number of rotatable bonds is 5. The summed E-state index contributed by atoms with van der Waals surface area (Å²) >= 11 is 0. The van der Waals surface area contributed by atoms with Gasteiger partial charge in [-0.25, -0.2) is 9.37 Å². The summed E-state index contributed by atoms with van der Waals surface area (Å²) < 4.78 is 58.1. The smallest absolute Gasteiger partial charge is 0.389 e. The van der Waals surface area contributed by atoms with Crippen LogP contribution in [0.25, 0.3) is 11.0 Å². The minimum atomic E-state index is -5.22. The molecule has 7 nitrogen and oxygen atoms in total. The lowest BCUT2D eigenvalue weighted by Crippen LogP contribution is -2.63. The Balaban J connectivity index is 1.76. The maximum Gasteiger partial charge on any atom is 0.440 e. The number of aromatic nitrogens is 2. The summed E-state index contributed by atoms with van der Waals surface area (Å²) in [6.07, 6.45) is -2.23. The normalized spacial score (nSPS) is 22.6. The molecule has 1 saturated carbocycles. The molecule has 1 aromatic carbocycles. The lowest BCUT2D eigenvalue weighted by atomic mass is 10.0. The fourth-order valence-electron chi connectivity index (χ4n) is 4.50. The predicted octanol–water partition coefficient (Wildman–Crippen LogP) is 3.48. The molecular formula is C20H22F4N4O3. The number of alkyl halides is 3. The first-order valence-corrected chi connectivity index (χ1v) is 10.1. The molecule has 168 valence electrons. The van der Waals surface area contributed by atoms with E-state index in [4.69, 9.17) is 0 Å². The zero-order valence-electron chi connectivity index (χ0n) is 16.7. The molecule has 0 spiro atoms. The average Bonchev–Trinajstić information content (AvgIpc) is 3.37. The predicted molar refractivity (Wildman–Crippen MR) is 102 cm³/mol. The summed E-state index contributed by atoms with van der Waals surface area (Å²) in [5, 5.41) is 13.6. The molecule has 11 heteroatoms. The number of fused-ring (bicyclic) bond motifs is 3. The number of hydrogen-bond acceptors (Lipinski definition) is 4. The van der Waals surface area contributed by atoms with Crippen molar-refractivity contribution in [3.05, 3.63) is 23.5 Å². The number of halogens is 4. The van der Waals surface area contributed by atoms with Gasteiger partial charge in [-0.3, -0.25) is 19.5 Å². The number of hydrogen-bond donors (Lipinski definition) is 3. The van der Waals surface area contributed by atoms with Crippen molar-refractivity contribution >= 4 is 28.8 Å². The van der Waals surface area contributed by atoms with Crippen LogP contribution in [0, 0.1) is 11.7 Å². The molecule has 31 heavy (non-hydrogen) atoms. The van der Waals surface area contributed by atoms with Crippen molar-refractivity contribution in [3.8, 4) is 0 Å². The average molecular weight is 442 g/mol. The van der Waals surface area contributed by atoms with Crippen LogP contribution in [0.4, 0.5) is 23.5 Å². The number of aliphatic hydroxyl groups is 1. The second kappa shape index (κ2) is 7.47. The number of anilines is 1. The zero-order chi connectivity index (χ0) is 22.6. The number of carbonyl (C=O) groups excluding carboxylic acids is 2. The van der Waals surface area contributed by atoms with E-state index in [1.54, 1.807) is 0 Å². The van der Waals surface area contributed by atoms with Gasteiger partial charge in [0.2, 0.25) is 11.9 Å². The van der Waals surface area contributed by atoms with Gasteiger partial charge < -0.3 is 10.4 Å². The Bertz CT molecular complexity index is 1040. The van der Waals surface area contributed by atoms with Gasteiger partial charge in [0, 0.05) is 12.0 Å². The minimum Gasteiger partial charge on any atom is -0.389 e. The lowest BCUT2D eigenvalue weighted by molar-refractivity contribution is -0.217. The highest BCUT2D eigenvalue weighted by Crippen LogP contribution is 2.44. The largest absolute Gasteiger partial charge is 0.440 e. The quantitative estimate of drug-likeness (QED) is 0.618. The van der Waals surface area contributed by atoms with Crippen LogP contribution in [0.2, 0.25) is 0 Å². The summed E-state index contributed by atoms with van der Waals surface area (Å²) in [6, 6.07) is 2.27. The van der Waals surface area contributed by atoms with E-state index in [9.17, 15) is 32.3 Å². The van der Waals surface area contributed by atoms with Crippen molar-refractivity contribution in [2.45, 2.75) is 63.4 Å². The summed E-state index contributed by atoms with van der Waals surface area (Å²) in [4.78, 5) is 28.8. The van der Waals surface area contributed by atoms with Crippen molar-refractivity contribution in [1.29, 1.82) is 0 Å². The second-order valence-corrected chi connectivity index (χ2v) is 8.18. The van der Waals surface area contributed by atoms with E-state index in [1.165, 1.54) is 6.92 Å². The van der Waals surface area contributed by atoms with Crippen molar-refractivity contribution in [2.24, 2.45) is 5.92 Å². The van der Waals surface area contributed by atoms with Gasteiger partial charge in [-0.15, -0.1) is 0 Å². The van der Waals surface area contributed by atoms with E-state index in [0.717, 1.165) is 37.8 Å². The number of nitrogens with one attached hydrogen (secondary N) is 2. The van der Waals surface area contributed by atoms with Gasteiger partial charge >= 0.3 is 6.18 Å². The van der Waals surface area contributed by atoms with E-state index in [-0.39, 0.29) is 23.4 Å². The first kappa shape index (κ1) is 21.5. The molecule has 3 N–H and O–H groups in total. The number of carbonyl (C=O) groups is 2. The Hall–Kier alpha value is -2.69. The van der Waals surface area contributed by atoms with E-state index < -0.39 is 47.0 Å². The lowest BCUT2D eigenvalue weighted by Gasteiger charge is -2.32. The third kappa shape index (κ3) is 3.35. The van der Waals surface area contributed by atoms with Crippen LogP contribution in [-0.2, 0) is 15.3 Å². The van der Waals surface area contributed by atoms with Crippen LogP contribution in [0.15, 0.2) is 12.1 Å². The first-order valence-electron chi connectivity index (χ1n) is 10.1. The summed E-state index contributed by atoms with van der Waals surface area (Å²) in [5.41, 5.74) is -4.36. The highest BCUT2D eigenvalue weighted by Gasteiger charge is 2.67. The van der Waals surface area contributed by atoms with Gasteiger partial charge in [0.1, 0.15) is 5.52 Å². The van der Waals surface area contributed by atoms with Gasteiger partial charge in [0.05, 0.1) is 11.6 Å². The molecule has 2 atom stereocenters. The summed E-state index contributed by atoms with van der Waals surface area (Å²) in [5.74, 6) is -3.68. The molecule has 1 aliphatic heterocycles. The molecule has 2 heterocycles. The molecule has 0 bridgehead atoms. The Morgan fingerprint density at radius 1 is 1.39 bits per heavy atom. The zero-order valence-corrected chi connectivity index (χ0v) is 16.7. The Morgan fingerprint density at radius 2 is 2.06 bits per heavy atom. The SMILES string of the molecule is CC(O)c1ccc2c(nc3n2C(NC(=O)CCC2CCCC2)(C(F)(F)F)C(=O)N3)c1F. The third-order valence-corrected chi connectivity index (χ3v) is 6.12. The molecule has 2 amide bonds. The molecule has 4 rings (SSSR count). The van der Waals surface area contributed by atoms with Gasteiger partial charge in [-0.1, -0.05) is 31.7 Å². The van der Waals surface area contributed by atoms with E-state index in [1.807, 2.05) is 10.6 Å². The van der Waals surface area contributed by atoms with Gasteiger partial charge in [0.15, 0.2) is 5.82 Å². The maximum absolute atomic E-state index is 14.8. The van der Waals surface area contributed by atoms with Crippen molar-refractivity contribution in [2.75, 3.05) is 5.32 Å². The monoisotopic (exact) mass is 442 g/mol. The number of imidazole rings is 1. The summed E-state index contributed by atoms with van der Waals surface area (Å²) in [6.45, 7) is 1.31. The highest BCUT2D eigenvalue weighted by atomic mass is 19.4. The molecule has 1 fully saturated rings. The first-order chi connectivity index (χ1) is 14.6. The molecule has 2 unspecified atom stereocenters. The van der Waals surface area contributed by atoms with Crippen LogP contribution in [0.5, 0.6) is 0 Å². The van der Waals surface area contributed by atoms with Crippen molar-refractivity contribution in [3.63, 3.8) is 0 Å². The van der Waals surface area contributed by atoms with Crippen LogP contribution >= 0.6 is 0 Å². The molecule has 1 aromatic heterocycles. The number of aliphatic hydroxyl groups excluding tert-OH is 1. The van der Waals surface area contributed by atoms with Crippen molar-refractivity contribution in [1.82, 2.24) is 14.9 Å².